The zero-order chi connectivity index (χ0) is 10.6. The van der Waals surface area contributed by atoms with Gasteiger partial charge in [0.2, 0.25) is 5.95 Å². The number of aromatic nitrogens is 2. The Labute approximate surface area is 79.4 Å². The van der Waals surface area contributed by atoms with Gasteiger partial charge < -0.3 is 10.5 Å². The van der Waals surface area contributed by atoms with Gasteiger partial charge in [-0.3, -0.25) is 10.1 Å². The van der Waals surface area contributed by atoms with Crippen LogP contribution in [0.3, 0.4) is 0 Å². The molecule has 0 saturated carbocycles. The number of rotatable bonds is 4. The van der Waals surface area contributed by atoms with Crippen molar-refractivity contribution in [2.45, 2.75) is 0 Å². The van der Waals surface area contributed by atoms with E-state index in [2.05, 4.69) is 16.5 Å². The number of hydrogen-bond donors (Lipinski definition) is 1. The van der Waals surface area contributed by atoms with Crippen LogP contribution < -0.4 is 10.5 Å². The summed E-state index contributed by atoms with van der Waals surface area (Å²) in [5.41, 5.74) is 4.93. The van der Waals surface area contributed by atoms with E-state index >= 15 is 0 Å². The highest BCUT2D eigenvalue weighted by Crippen LogP contribution is 2.23. The lowest BCUT2D eigenvalue weighted by atomic mass is 10.5. The maximum Gasteiger partial charge on any atom is 0.349 e. The fraction of sp³-hybridized carbons (Fsp3) is 0.143. The second-order valence-electron chi connectivity index (χ2n) is 2.28. The van der Waals surface area contributed by atoms with Crippen molar-refractivity contribution in [2.24, 2.45) is 0 Å². The summed E-state index contributed by atoms with van der Waals surface area (Å²) in [7, 11) is 0. The van der Waals surface area contributed by atoms with Crippen LogP contribution in [0.4, 0.5) is 11.6 Å². The first-order valence-corrected chi connectivity index (χ1v) is 3.65. The smallest absolute Gasteiger partial charge is 0.349 e. The fourth-order valence-electron chi connectivity index (χ4n) is 0.742. The molecular formula is C7H8N4O3. The van der Waals surface area contributed by atoms with Gasteiger partial charge in [-0.05, 0) is 0 Å². The second kappa shape index (κ2) is 4.17. The van der Waals surface area contributed by atoms with Gasteiger partial charge in [0.1, 0.15) is 12.8 Å². The van der Waals surface area contributed by atoms with Crippen LogP contribution >= 0.6 is 0 Å². The van der Waals surface area contributed by atoms with Crippen molar-refractivity contribution in [2.75, 3.05) is 12.3 Å². The minimum absolute atomic E-state index is 0.0744. The molecule has 0 bridgehead atoms. The molecule has 2 N–H and O–H groups in total. The first-order valence-electron chi connectivity index (χ1n) is 3.65. The monoisotopic (exact) mass is 196 g/mol. The van der Waals surface area contributed by atoms with E-state index in [9.17, 15) is 10.1 Å². The Bertz CT molecular complexity index is 366. The number of nitrogen functional groups attached to an aromatic ring is 1. The van der Waals surface area contributed by atoms with Crippen LogP contribution in [0.1, 0.15) is 0 Å². The molecule has 0 aliphatic rings. The van der Waals surface area contributed by atoms with Crippen molar-refractivity contribution in [1.29, 1.82) is 0 Å². The molecule has 1 aromatic heterocycles. The van der Waals surface area contributed by atoms with Gasteiger partial charge in [0.05, 0.1) is 4.92 Å². The highest BCUT2D eigenvalue weighted by atomic mass is 16.6. The zero-order valence-corrected chi connectivity index (χ0v) is 7.21. The standard InChI is InChI=1S/C7H8N4O3/c1-2-3-14-6-5(11(12)13)4-9-7(8)10-6/h2,4H,1,3H2,(H2,8,9,10). The van der Waals surface area contributed by atoms with Gasteiger partial charge in [-0.15, -0.1) is 0 Å². The van der Waals surface area contributed by atoms with Crippen molar-refractivity contribution < 1.29 is 9.66 Å². The van der Waals surface area contributed by atoms with Gasteiger partial charge >= 0.3 is 5.69 Å². The largest absolute Gasteiger partial charge is 0.468 e. The summed E-state index contributed by atoms with van der Waals surface area (Å²) < 4.78 is 4.94. The maximum atomic E-state index is 10.5. The van der Waals surface area contributed by atoms with Crippen molar-refractivity contribution in [1.82, 2.24) is 9.97 Å². The topological polar surface area (TPSA) is 104 Å². The summed E-state index contributed by atoms with van der Waals surface area (Å²) in [6, 6.07) is 0. The number of nitrogens with zero attached hydrogens (tertiary/aromatic N) is 3. The van der Waals surface area contributed by atoms with E-state index in [0.29, 0.717) is 0 Å². The van der Waals surface area contributed by atoms with E-state index in [4.69, 9.17) is 10.5 Å². The molecule has 0 radical (unpaired) electrons. The van der Waals surface area contributed by atoms with Crippen molar-refractivity contribution in [3.05, 3.63) is 29.0 Å². The molecule has 0 spiro atoms. The van der Waals surface area contributed by atoms with Crippen molar-refractivity contribution >= 4 is 11.6 Å². The molecule has 0 atom stereocenters. The third kappa shape index (κ3) is 2.16. The Morgan fingerprint density at radius 3 is 3.07 bits per heavy atom. The molecule has 0 aliphatic carbocycles. The van der Waals surface area contributed by atoms with Crippen LogP contribution in [-0.4, -0.2) is 21.5 Å². The zero-order valence-electron chi connectivity index (χ0n) is 7.21. The normalized spacial score (nSPS) is 9.43. The predicted molar refractivity (Wildman–Crippen MR) is 48.8 cm³/mol. The minimum Gasteiger partial charge on any atom is -0.468 e. The lowest BCUT2D eigenvalue weighted by molar-refractivity contribution is -0.386. The summed E-state index contributed by atoms with van der Waals surface area (Å²) in [6.07, 6.45) is 2.45. The molecule has 0 aliphatic heterocycles. The highest BCUT2D eigenvalue weighted by molar-refractivity contribution is 5.41. The van der Waals surface area contributed by atoms with E-state index in [1.807, 2.05) is 0 Å². The molecule has 7 heteroatoms. The van der Waals surface area contributed by atoms with Crippen LogP contribution in [-0.2, 0) is 0 Å². The third-order valence-electron chi connectivity index (χ3n) is 1.29. The van der Waals surface area contributed by atoms with E-state index in [0.717, 1.165) is 6.20 Å². The van der Waals surface area contributed by atoms with Gasteiger partial charge in [-0.2, -0.15) is 4.98 Å². The second-order valence-corrected chi connectivity index (χ2v) is 2.28. The number of nitro groups is 1. The fourth-order valence-corrected chi connectivity index (χ4v) is 0.742. The summed E-state index contributed by atoms with van der Waals surface area (Å²) in [5, 5.41) is 10.5. The van der Waals surface area contributed by atoms with Crippen LogP contribution in [0, 0.1) is 10.1 Å². The first-order chi connectivity index (χ1) is 6.65. The molecule has 1 rings (SSSR count). The Hall–Kier alpha value is -2.18. The molecule has 0 fully saturated rings. The Kier molecular flexibility index (Phi) is 2.95. The third-order valence-corrected chi connectivity index (χ3v) is 1.29. The number of nitrogens with two attached hydrogens (primary N) is 1. The number of ether oxygens (including phenoxy) is 1. The average Bonchev–Trinajstić information content (AvgIpc) is 2.14. The lowest BCUT2D eigenvalue weighted by Gasteiger charge is -2.02. The van der Waals surface area contributed by atoms with Crippen molar-refractivity contribution in [3.63, 3.8) is 0 Å². The van der Waals surface area contributed by atoms with E-state index < -0.39 is 4.92 Å². The highest BCUT2D eigenvalue weighted by Gasteiger charge is 2.17. The van der Waals surface area contributed by atoms with Gasteiger partial charge in [0.15, 0.2) is 0 Å². The van der Waals surface area contributed by atoms with Crippen LogP contribution in [0.25, 0.3) is 0 Å². The van der Waals surface area contributed by atoms with Crippen LogP contribution in [0.2, 0.25) is 0 Å². The van der Waals surface area contributed by atoms with Crippen LogP contribution in [0.15, 0.2) is 18.9 Å². The molecule has 1 aromatic rings. The molecular weight excluding hydrogens is 188 g/mol. The molecule has 14 heavy (non-hydrogen) atoms. The van der Waals surface area contributed by atoms with E-state index in [1.165, 1.54) is 6.08 Å². The Morgan fingerprint density at radius 2 is 2.50 bits per heavy atom. The number of anilines is 1. The molecule has 0 unspecified atom stereocenters. The minimum atomic E-state index is -0.641. The molecule has 74 valence electrons. The van der Waals surface area contributed by atoms with Gasteiger partial charge in [0.25, 0.3) is 5.88 Å². The maximum absolute atomic E-state index is 10.5. The Morgan fingerprint density at radius 1 is 1.79 bits per heavy atom. The number of hydrogen-bond acceptors (Lipinski definition) is 6. The molecule has 1 heterocycles. The molecule has 7 nitrogen and oxygen atoms in total. The summed E-state index contributed by atoms with van der Waals surface area (Å²) in [4.78, 5) is 16.9. The summed E-state index contributed by atoms with van der Waals surface area (Å²) in [6.45, 7) is 3.53. The lowest BCUT2D eigenvalue weighted by Crippen LogP contribution is -2.04. The molecule has 0 aromatic carbocycles. The van der Waals surface area contributed by atoms with Crippen LogP contribution in [0.5, 0.6) is 5.88 Å². The van der Waals surface area contributed by atoms with Gasteiger partial charge in [0, 0.05) is 0 Å². The molecule has 0 saturated heterocycles. The SMILES string of the molecule is C=CCOc1nc(N)ncc1[N+](=O)[O-]. The van der Waals surface area contributed by atoms with E-state index in [1.54, 1.807) is 0 Å². The predicted octanol–water partition coefficient (Wildman–Crippen LogP) is 0.532. The van der Waals surface area contributed by atoms with Gasteiger partial charge in [-0.25, -0.2) is 4.98 Å². The summed E-state index contributed by atoms with van der Waals surface area (Å²) >= 11 is 0. The average molecular weight is 196 g/mol. The van der Waals surface area contributed by atoms with Crippen molar-refractivity contribution in [3.8, 4) is 5.88 Å². The summed E-state index contributed by atoms with van der Waals surface area (Å²) in [5.74, 6) is -0.225. The Balaban J connectivity index is 3.02. The molecule has 0 amide bonds. The first kappa shape index (κ1) is 9.90. The van der Waals surface area contributed by atoms with E-state index in [-0.39, 0.29) is 24.1 Å². The quantitative estimate of drug-likeness (QED) is 0.428. The van der Waals surface area contributed by atoms with Gasteiger partial charge in [-0.1, -0.05) is 12.7 Å².